The van der Waals surface area contributed by atoms with Crippen molar-refractivity contribution < 1.29 is 22.3 Å². The van der Waals surface area contributed by atoms with E-state index in [1.165, 1.54) is 31.6 Å². The smallest absolute Gasteiger partial charge is 0.246 e. The van der Waals surface area contributed by atoms with Crippen molar-refractivity contribution in [2.45, 2.75) is 23.8 Å². The number of halogens is 1. The van der Waals surface area contributed by atoms with Crippen molar-refractivity contribution >= 4 is 10.0 Å². The fourth-order valence-corrected chi connectivity index (χ4v) is 4.03. The number of sulfonamides is 1. The molecular formula is C14H21FN2O4S. The minimum atomic E-state index is -3.93. The Morgan fingerprint density at radius 2 is 1.73 bits per heavy atom. The second-order valence-electron chi connectivity index (χ2n) is 5.14. The summed E-state index contributed by atoms with van der Waals surface area (Å²) in [5.74, 6) is -0.511. The standard InChI is InChI=1S/C14H21FN2O4S/c1-17(10-4-6-16-7-5-10)22(18,19)14-9-13(21-3)12(20-2)8-11(14)15/h8-10,16H,4-7H2,1-3H3. The van der Waals surface area contributed by atoms with Crippen LogP contribution in [0.15, 0.2) is 17.0 Å². The van der Waals surface area contributed by atoms with Crippen molar-refractivity contribution in [2.75, 3.05) is 34.4 Å². The molecule has 2 rings (SSSR count). The third-order valence-electron chi connectivity index (χ3n) is 3.92. The molecule has 0 saturated carbocycles. The zero-order chi connectivity index (χ0) is 16.3. The summed E-state index contributed by atoms with van der Waals surface area (Å²) in [7, 11) is 0.301. The lowest BCUT2D eigenvalue weighted by Crippen LogP contribution is -2.44. The summed E-state index contributed by atoms with van der Waals surface area (Å²) in [4.78, 5) is -0.397. The molecule has 1 N–H and O–H groups in total. The number of methoxy groups -OCH3 is 2. The van der Waals surface area contributed by atoms with Crippen molar-refractivity contribution in [2.24, 2.45) is 0 Å². The quantitative estimate of drug-likeness (QED) is 0.878. The molecule has 0 atom stereocenters. The molecule has 6 nitrogen and oxygen atoms in total. The Morgan fingerprint density at radius 3 is 2.27 bits per heavy atom. The van der Waals surface area contributed by atoms with E-state index in [1.54, 1.807) is 0 Å². The Labute approximate surface area is 130 Å². The highest BCUT2D eigenvalue weighted by molar-refractivity contribution is 7.89. The van der Waals surface area contributed by atoms with Crippen LogP contribution in [-0.2, 0) is 10.0 Å². The van der Waals surface area contributed by atoms with Crippen molar-refractivity contribution in [1.29, 1.82) is 0 Å². The summed E-state index contributed by atoms with van der Waals surface area (Å²) in [6, 6.07) is 2.06. The Kier molecular flexibility index (Phi) is 5.25. The zero-order valence-electron chi connectivity index (χ0n) is 12.9. The summed E-state index contributed by atoms with van der Waals surface area (Å²) in [6.07, 6.45) is 1.40. The normalized spacial score (nSPS) is 16.8. The van der Waals surface area contributed by atoms with Gasteiger partial charge in [-0.25, -0.2) is 12.8 Å². The molecule has 0 spiro atoms. The molecule has 1 aliphatic rings. The molecular weight excluding hydrogens is 311 g/mol. The lowest BCUT2D eigenvalue weighted by Gasteiger charge is -2.31. The maximum atomic E-state index is 14.2. The molecule has 1 aliphatic heterocycles. The highest BCUT2D eigenvalue weighted by Gasteiger charge is 2.32. The molecule has 0 aliphatic carbocycles. The van der Waals surface area contributed by atoms with E-state index in [-0.39, 0.29) is 17.5 Å². The maximum absolute atomic E-state index is 14.2. The van der Waals surface area contributed by atoms with Gasteiger partial charge in [-0.3, -0.25) is 0 Å². The fraction of sp³-hybridized carbons (Fsp3) is 0.571. The SMILES string of the molecule is COc1cc(F)c(S(=O)(=O)N(C)C2CCNCC2)cc1OC. The van der Waals surface area contributed by atoms with Crippen LogP contribution in [0.25, 0.3) is 0 Å². The summed E-state index contributed by atoms with van der Waals surface area (Å²) >= 11 is 0. The van der Waals surface area contributed by atoms with E-state index in [4.69, 9.17) is 9.47 Å². The number of nitrogens with zero attached hydrogens (tertiary/aromatic N) is 1. The number of benzene rings is 1. The fourth-order valence-electron chi connectivity index (χ4n) is 2.55. The molecule has 0 aromatic heterocycles. The van der Waals surface area contributed by atoms with Crippen LogP contribution in [0.2, 0.25) is 0 Å². The number of piperidine rings is 1. The van der Waals surface area contributed by atoms with Gasteiger partial charge in [0, 0.05) is 25.2 Å². The summed E-state index contributed by atoms with van der Waals surface area (Å²) in [5.41, 5.74) is 0. The van der Waals surface area contributed by atoms with E-state index in [0.29, 0.717) is 12.8 Å². The largest absolute Gasteiger partial charge is 0.493 e. The zero-order valence-corrected chi connectivity index (χ0v) is 13.7. The molecule has 1 saturated heterocycles. The van der Waals surface area contributed by atoms with Crippen LogP contribution in [0.1, 0.15) is 12.8 Å². The molecule has 1 aromatic rings. The molecule has 1 heterocycles. The molecule has 1 aromatic carbocycles. The van der Waals surface area contributed by atoms with E-state index in [1.807, 2.05) is 0 Å². The minimum Gasteiger partial charge on any atom is -0.493 e. The van der Waals surface area contributed by atoms with Gasteiger partial charge in [0.05, 0.1) is 14.2 Å². The lowest BCUT2D eigenvalue weighted by atomic mass is 10.1. The third kappa shape index (κ3) is 3.18. The van der Waals surface area contributed by atoms with Gasteiger partial charge in [-0.05, 0) is 25.9 Å². The first-order valence-electron chi connectivity index (χ1n) is 7.02. The van der Waals surface area contributed by atoms with Crippen molar-refractivity contribution in [3.63, 3.8) is 0 Å². The van der Waals surface area contributed by atoms with Gasteiger partial charge in [-0.2, -0.15) is 4.31 Å². The van der Waals surface area contributed by atoms with Crippen LogP contribution in [-0.4, -0.2) is 53.1 Å². The first-order chi connectivity index (χ1) is 10.4. The van der Waals surface area contributed by atoms with Crippen LogP contribution in [0.4, 0.5) is 4.39 Å². The molecule has 0 unspecified atom stereocenters. The third-order valence-corrected chi connectivity index (χ3v) is 5.84. The van der Waals surface area contributed by atoms with Gasteiger partial charge in [0.2, 0.25) is 10.0 Å². The van der Waals surface area contributed by atoms with Crippen molar-refractivity contribution in [3.8, 4) is 11.5 Å². The molecule has 8 heteroatoms. The monoisotopic (exact) mass is 332 g/mol. The second kappa shape index (κ2) is 6.80. The minimum absolute atomic E-state index is 0.140. The number of hydrogen-bond acceptors (Lipinski definition) is 5. The first kappa shape index (κ1) is 17.0. The highest BCUT2D eigenvalue weighted by atomic mass is 32.2. The Bertz CT molecular complexity index is 630. The van der Waals surface area contributed by atoms with Crippen LogP contribution in [0.3, 0.4) is 0 Å². The second-order valence-corrected chi connectivity index (χ2v) is 7.11. The van der Waals surface area contributed by atoms with E-state index >= 15 is 0 Å². The highest BCUT2D eigenvalue weighted by Crippen LogP contribution is 2.33. The van der Waals surface area contributed by atoms with E-state index in [2.05, 4.69) is 5.32 Å². The Balaban J connectivity index is 2.40. The average Bonchev–Trinajstić information content (AvgIpc) is 2.54. The van der Waals surface area contributed by atoms with E-state index < -0.39 is 20.7 Å². The van der Waals surface area contributed by atoms with Gasteiger partial charge >= 0.3 is 0 Å². The number of hydrogen-bond donors (Lipinski definition) is 1. The maximum Gasteiger partial charge on any atom is 0.246 e. The lowest BCUT2D eigenvalue weighted by molar-refractivity contribution is 0.295. The van der Waals surface area contributed by atoms with Crippen molar-refractivity contribution in [1.82, 2.24) is 9.62 Å². The van der Waals surface area contributed by atoms with E-state index in [9.17, 15) is 12.8 Å². The topological polar surface area (TPSA) is 67.9 Å². The number of rotatable bonds is 5. The summed E-state index contributed by atoms with van der Waals surface area (Å²) in [5, 5.41) is 3.17. The molecule has 22 heavy (non-hydrogen) atoms. The Morgan fingerprint density at radius 1 is 1.18 bits per heavy atom. The Hall–Kier alpha value is -1.38. The van der Waals surface area contributed by atoms with Gasteiger partial charge in [0.1, 0.15) is 10.7 Å². The summed E-state index contributed by atoms with van der Waals surface area (Å²) in [6.45, 7) is 1.50. The van der Waals surface area contributed by atoms with Gasteiger partial charge < -0.3 is 14.8 Å². The van der Waals surface area contributed by atoms with Crippen LogP contribution >= 0.6 is 0 Å². The van der Waals surface area contributed by atoms with Gasteiger partial charge in [-0.1, -0.05) is 0 Å². The molecule has 1 fully saturated rings. The van der Waals surface area contributed by atoms with Crippen LogP contribution < -0.4 is 14.8 Å². The molecule has 124 valence electrons. The van der Waals surface area contributed by atoms with Crippen LogP contribution in [0.5, 0.6) is 11.5 Å². The summed E-state index contributed by atoms with van der Waals surface area (Å²) < 4.78 is 50.9. The molecule has 0 bridgehead atoms. The van der Waals surface area contributed by atoms with E-state index in [0.717, 1.165) is 19.2 Å². The number of ether oxygens (including phenoxy) is 2. The van der Waals surface area contributed by atoms with Gasteiger partial charge in [0.15, 0.2) is 11.5 Å². The number of nitrogens with one attached hydrogen (secondary N) is 1. The van der Waals surface area contributed by atoms with Crippen LogP contribution in [0, 0.1) is 5.82 Å². The predicted octanol–water partition coefficient (Wildman–Crippen LogP) is 1.22. The first-order valence-corrected chi connectivity index (χ1v) is 8.46. The molecule has 0 radical (unpaired) electrons. The van der Waals surface area contributed by atoms with Crippen molar-refractivity contribution in [3.05, 3.63) is 17.9 Å². The molecule has 0 amide bonds. The van der Waals surface area contributed by atoms with Gasteiger partial charge in [0.25, 0.3) is 0 Å². The average molecular weight is 332 g/mol. The van der Waals surface area contributed by atoms with Gasteiger partial charge in [-0.15, -0.1) is 0 Å². The predicted molar refractivity (Wildman–Crippen MR) is 80.3 cm³/mol.